The van der Waals surface area contributed by atoms with E-state index in [0.717, 1.165) is 6.07 Å². The minimum Gasteiger partial charge on any atom is -0.508 e. The van der Waals surface area contributed by atoms with Gasteiger partial charge in [-0.25, -0.2) is 0 Å². The van der Waals surface area contributed by atoms with Gasteiger partial charge >= 0.3 is 0 Å². The molecule has 0 aliphatic carbocycles. The van der Waals surface area contributed by atoms with Crippen LogP contribution in [-0.2, 0) is 17.6 Å². The van der Waals surface area contributed by atoms with Crippen LogP contribution in [0.2, 0.25) is 0 Å². The largest absolute Gasteiger partial charge is 0.508 e. The van der Waals surface area contributed by atoms with Gasteiger partial charge in [0.2, 0.25) is 5.91 Å². The lowest BCUT2D eigenvalue weighted by Gasteiger charge is -2.23. The molecular formula is C23H29NO8. The van der Waals surface area contributed by atoms with E-state index in [1.165, 1.54) is 31.3 Å². The van der Waals surface area contributed by atoms with Crippen LogP contribution in [0.3, 0.4) is 0 Å². The lowest BCUT2D eigenvalue weighted by atomic mass is 9.89. The van der Waals surface area contributed by atoms with Crippen LogP contribution in [0.25, 0.3) is 0 Å². The van der Waals surface area contributed by atoms with Crippen LogP contribution in [0, 0.1) is 0 Å². The summed E-state index contributed by atoms with van der Waals surface area (Å²) in [5.74, 6) is -0.967. The highest BCUT2D eigenvalue weighted by molar-refractivity contribution is 6.12. The van der Waals surface area contributed by atoms with Crippen LogP contribution in [0.4, 0.5) is 0 Å². The van der Waals surface area contributed by atoms with E-state index in [4.69, 9.17) is 9.47 Å². The van der Waals surface area contributed by atoms with Crippen molar-refractivity contribution in [3.63, 3.8) is 0 Å². The molecule has 9 heteroatoms. The van der Waals surface area contributed by atoms with Gasteiger partial charge in [-0.05, 0) is 35.7 Å². The third kappa shape index (κ3) is 5.30. The van der Waals surface area contributed by atoms with Gasteiger partial charge in [-0.15, -0.1) is 0 Å². The molecule has 174 valence electrons. The van der Waals surface area contributed by atoms with Crippen LogP contribution < -0.4 is 9.47 Å². The average molecular weight is 447 g/mol. The first-order chi connectivity index (χ1) is 15.3. The normalized spacial score (nSPS) is 10.7. The van der Waals surface area contributed by atoms with E-state index in [0.29, 0.717) is 23.5 Å². The maximum Gasteiger partial charge on any atom is 0.227 e. The molecule has 0 bridgehead atoms. The number of aliphatic hydroxyl groups excluding tert-OH is 2. The van der Waals surface area contributed by atoms with Gasteiger partial charge in [0, 0.05) is 24.7 Å². The number of ketones is 1. The van der Waals surface area contributed by atoms with Crippen molar-refractivity contribution >= 4 is 11.7 Å². The molecule has 9 nitrogen and oxygen atoms in total. The fourth-order valence-electron chi connectivity index (χ4n) is 3.58. The molecule has 32 heavy (non-hydrogen) atoms. The second-order valence-electron chi connectivity index (χ2n) is 7.00. The first-order valence-electron chi connectivity index (χ1n) is 10.2. The topological polar surface area (TPSA) is 137 Å². The number of methoxy groups -OCH3 is 2. The molecule has 1 amide bonds. The molecule has 0 heterocycles. The Bertz CT molecular complexity index is 967. The number of amides is 1. The second kappa shape index (κ2) is 11.4. The Balaban J connectivity index is 2.60. The Morgan fingerprint density at radius 1 is 0.906 bits per heavy atom. The van der Waals surface area contributed by atoms with Crippen molar-refractivity contribution in [2.75, 3.05) is 40.5 Å². The zero-order chi connectivity index (χ0) is 23.8. The number of phenols is 2. The summed E-state index contributed by atoms with van der Waals surface area (Å²) in [6, 6.07) is 5.62. The average Bonchev–Trinajstić information content (AvgIpc) is 2.78. The van der Waals surface area contributed by atoms with Crippen LogP contribution in [-0.4, -0.2) is 77.5 Å². The smallest absolute Gasteiger partial charge is 0.227 e. The first kappa shape index (κ1) is 25.0. The zero-order valence-corrected chi connectivity index (χ0v) is 18.4. The number of carbonyl (C=O) groups excluding carboxylic acids is 2. The highest BCUT2D eigenvalue weighted by Gasteiger charge is 2.27. The fourth-order valence-corrected chi connectivity index (χ4v) is 3.58. The third-order valence-corrected chi connectivity index (χ3v) is 5.15. The van der Waals surface area contributed by atoms with Crippen molar-refractivity contribution in [1.29, 1.82) is 0 Å². The molecule has 0 fully saturated rings. The van der Waals surface area contributed by atoms with Crippen LogP contribution in [0.15, 0.2) is 24.3 Å². The van der Waals surface area contributed by atoms with Crippen molar-refractivity contribution in [1.82, 2.24) is 4.90 Å². The van der Waals surface area contributed by atoms with Gasteiger partial charge in [0.1, 0.15) is 11.5 Å². The fraction of sp³-hybridized carbons (Fsp3) is 0.391. The summed E-state index contributed by atoms with van der Waals surface area (Å²) in [6.07, 6.45) is 0.000433. The quantitative estimate of drug-likeness (QED) is 0.378. The van der Waals surface area contributed by atoms with E-state index in [-0.39, 0.29) is 55.2 Å². The molecule has 0 aromatic heterocycles. The summed E-state index contributed by atoms with van der Waals surface area (Å²) in [5.41, 5.74) is 0.638. The number of rotatable bonds is 11. The summed E-state index contributed by atoms with van der Waals surface area (Å²) in [6.45, 7) is 1.17. The molecule has 0 saturated carbocycles. The molecule has 0 saturated heterocycles. The summed E-state index contributed by atoms with van der Waals surface area (Å²) in [7, 11) is 2.90. The van der Waals surface area contributed by atoms with Crippen molar-refractivity contribution < 1.29 is 39.5 Å². The first-order valence-corrected chi connectivity index (χ1v) is 10.2. The predicted molar refractivity (Wildman–Crippen MR) is 117 cm³/mol. The SMILES string of the molecule is CCc1c(O)cc(O)c(C(=O)c2ccc(OC)c(OC)c2)c1CC(=O)N(CCO)CCO. The standard InChI is InChI=1S/C23H29NO8/c1-4-15-16(12-21(29)24(7-9-25)8-10-26)22(18(28)13-17(15)27)23(30)14-5-6-19(31-2)20(11-14)32-3/h5-6,11,13,25-28H,4,7-10,12H2,1-3H3. The minimum atomic E-state index is -0.559. The number of aromatic hydroxyl groups is 2. The van der Waals surface area contributed by atoms with E-state index in [1.54, 1.807) is 13.0 Å². The molecule has 2 aromatic carbocycles. The monoisotopic (exact) mass is 447 g/mol. The number of benzene rings is 2. The van der Waals surface area contributed by atoms with E-state index >= 15 is 0 Å². The lowest BCUT2D eigenvalue weighted by molar-refractivity contribution is -0.131. The van der Waals surface area contributed by atoms with Crippen molar-refractivity contribution in [3.8, 4) is 23.0 Å². The van der Waals surface area contributed by atoms with Crippen LogP contribution >= 0.6 is 0 Å². The molecule has 0 spiro atoms. The Kier molecular flexibility index (Phi) is 8.86. The number of aliphatic hydroxyl groups is 2. The second-order valence-corrected chi connectivity index (χ2v) is 7.00. The van der Waals surface area contributed by atoms with Crippen LogP contribution in [0.5, 0.6) is 23.0 Å². The molecule has 4 N–H and O–H groups in total. The maximum atomic E-state index is 13.4. The molecule has 0 unspecified atom stereocenters. The Morgan fingerprint density at radius 3 is 2.06 bits per heavy atom. The van der Waals surface area contributed by atoms with E-state index < -0.39 is 17.4 Å². The predicted octanol–water partition coefficient (Wildman–Crippen LogP) is 1.26. The van der Waals surface area contributed by atoms with Gasteiger partial charge in [0.25, 0.3) is 0 Å². The highest BCUT2D eigenvalue weighted by Crippen LogP contribution is 2.36. The third-order valence-electron chi connectivity index (χ3n) is 5.15. The van der Waals surface area contributed by atoms with E-state index in [1.807, 2.05) is 0 Å². The Morgan fingerprint density at radius 2 is 1.53 bits per heavy atom. The molecule has 0 radical (unpaired) electrons. The summed E-state index contributed by atoms with van der Waals surface area (Å²) >= 11 is 0. The van der Waals surface area contributed by atoms with Gasteiger partial charge in [0.15, 0.2) is 17.3 Å². The van der Waals surface area contributed by atoms with Gasteiger partial charge in [-0.2, -0.15) is 0 Å². The molecule has 2 aromatic rings. The number of hydrogen-bond acceptors (Lipinski definition) is 8. The molecule has 0 aliphatic heterocycles. The van der Waals surface area contributed by atoms with Gasteiger partial charge in [0.05, 0.1) is 39.4 Å². The summed E-state index contributed by atoms with van der Waals surface area (Å²) < 4.78 is 10.4. The van der Waals surface area contributed by atoms with Crippen molar-refractivity contribution in [3.05, 3.63) is 46.5 Å². The van der Waals surface area contributed by atoms with E-state index in [9.17, 15) is 30.0 Å². The lowest BCUT2D eigenvalue weighted by Crippen LogP contribution is -2.37. The van der Waals surface area contributed by atoms with Crippen molar-refractivity contribution in [2.24, 2.45) is 0 Å². The van der Waals surface area contributed by atoms with E-state index in [2.05, 4.69) is 0 Å². The Labute approximate surface area is 186 Å². The zero-order valence-electron chi connectivity index (χ0n) is 18.4. The number of nitrogens with zero attached hydrogens (tertiary/aromatic N) is 1. The van der Waals surface area contributed by atoms with Gasteiger partial charge in [-0.3, -0.25) is 9.59 Å². The Hall–Kier alpha value is -3.30. The van der Waals surface area contributed by atoms with Crippen molar-refractivity contribution in [2.45, 2.75) is 19.8 Å². The molecule has 0 atom stereocenters. The highest BCUT2D eigenvalue weighted by atomic mass is 16.5. The molecular weight excluding hydrogens is 418 g/mol. The number of phenolic OH excluding ortho intramolecular Hbond substituents is 2. The van der Waals surface area contributed by atoms with Gasteiger partial charge in [-0.1, -0.05) is 6.92 Å². The summed E-state index contributed by atoms with van der Waals surface area (Å²) in [5, 5.41) is 39.4. The minimum absolute atomic E-state index is 0.00457. The molecule has 2 rings (SSSR count). The van der Waals surface area contributed by atoms with Crippen LogP contribution in [0.1, 0.15) is 34.0 Å². The maximum absolute atomic E-state index is 13.4. The number of ether oxygens (including phenoxy) is 2. The molecule has 0 aliphatic rings. The number of carbonyl (C=O) groups is 2. The number of hydrogen-bond donors (Lipinski definition) is 4. The summed E-state index contributed by atoms with van der Waals surface area (Å²) in [4.78, 5) is 27.5. The van der Waals surface area contributed by atoms with Gasteiger partial charge < -0.3 is 34.8 Å².